The zero-order valence-corrected chi connectivity index (χ0v) is 20.2. The molecule has 0 saturated carbocycles. The Morgan fingerprint density at radius 3 is 2.09 bits per heavy atom. The average Bonchev–Trinajstić information content (AvgIpc) is 3.16. The number of carbonyl (C=O) groups excluding carboxylic acids is 4. The lowest BCUT2D eigenvalue weighted by atomic mass is 9.98. The van der Waals surface area contributed by atoms with Gasteiger partial charge in [0.2, 0.25) is 6.10 Å². The summed E-state index contributed by atoms with van der Waals surface area (Å²) in [4.78, 5) is 52.9. The van der Waals surface area contributed by atoms with Gasteiger partial charge in [0.25, 0.3) is 0 Å². The molecule has 2 heterocycles. The van der Waals surface area contributed by atoms with Crippen LogP contribution in [-0.2, 0) is 47.7 Å². The lowest BCUT2D eigenvalue weighted by Gasteiger charge is -2.47. The van der Waals surface area contributed by atoms with Crippen molar-refractivity contribution in [3.8, 4) is 0 Å². The van der Waals surface area contributed by atoms with Gasteiger partial charge in [0.05, 0.1) is 0 Å². The number of hydrogen-bond donors (Lipinski definition) is 0. The highest BCUT2D eigenvalue weighted by molar-refractivity contribution is 8.15. The number of oxime groups is 1. The van der Waals surface area contributed by atoms with Crippen molar-refractivity contribution in [2.24, 2.45) is 5.16 Å². The molecule has 1 aromatic carbocycles. The van der Waals surface area contributed by atoms with Crippen LogP contribution in [0.5, 0.6) is 0 Å². The van der Waals surface area contributed by atoms with Crippen molar-refractivity contribution in [3.05, 3.63) is 34.9 Å². The number of carbonyl (C=O) groups is 4. The van der Waals surface area contributed by atoms with Gasteiger partial charge in [0, 0.05) is 38.3 Å². The van der Waals surface area contributed by atoms with Crippen LogP contribution in [0, 0.1) is 0 Å². The standard InChI is InChI=1S/C21H22ClNO10S/c1-10(24)28-9-16-17(29-11(2)25)18(30-12(3)26)19(31-13(4)27)21(32-16)33-23-20(34-21)14-5-7-15(22)8-6-14/h5-8,16-19H,9H2,1-4H3/t16-,17-,18+,19-,21-/m1/s1. The van der Waals surface area contributed by atoms with E-state index >= 15 is 0 Å². The fourth-order valence-corrected chi connectivity index (χ4v) is 4.64. The van der Waals surface area contributed by atoms with Gasteiger partial charge in [-0.1, -0.05) is 28.9 Å². The molecule has 2 aliphatic heterocycles. The summed E-state index contributed by atoms with van der Waals surface area (Å²) in [5.41, 5.74) is 0.624. The van der Waals surface area contributed by atoms with Gasteiger partial charge in [0.1, 0.15) is 17.8 Å². The van der Waals surface area contributed by atoms with Crippen LogP contribution in [0.4, 0.5) is 0 Å². The Labute approximate surface area is 203 Å². The van der Waals surface area contributed by atoms with E-state index in [4.69, 9.17) is 40.1 Å². The topological polar surface area (TPSA) is 136 Å². The molecule has 0 aromatic heterocycles. The zero-order valence-electron chi connectivity index (χ0n) is 18.6. The third-order valence-corrected chi connectivity index (χ3v) is 6.03. The summed E-state index contributed by atoms with van der Waals surface area (Å²) < 4.78 is 27.4. The highest BCUT2D eigenvalue weighted by Gasteiger charge is 2.65. The van der Waals surface area contributed by atoms with Crippen molar-refractivity contribution in [2.45, 2.75) is 57.2 Å². The summed E-state index contributed by atoms with van der Waals surface area (Å²) in [5.74, 6) is -2.84. The van der Waals surface area contributed by atoms with Crippen LogP contribution in [0.1, 0.15) is 33.3 Å². The Morgan fingerprint density at radius 1 is 0.941 bits per heavy atom. The minimum atomic E-state index is -1.85. The molecule has 13 heteroatoms. The van der Waals surface area contributed by atoms with Gasteiger partial charge in [-0.2, -0.15) is 0 Å². The van der Waals surface area contributed by atoms with E-state index in [1.54, 1.807) is 24.3 Å². The first-order chi connectivity index (χ1) is 16.0. The van der Waals surface area contributed by atoms with Gasteiger partial charge < -0.3 is 28.5 Å². The highest BCUT2D eigenvalue weighted by atomic mass is 35.5. The Morgan fingerprint density at radius 2 is 1.53 bits per heavy atom. The van der Waals surface area contributed by atoms with E-state index in [0.717, 1.165) is 32.5 Å². The Balaban J connectivity index is 2.02. The van der Waals surface area contributed by atoms with Crippen molar-refractivity contribution >= 4 is 52.3 Å². The Hall–Kier alpha value is -2.83. The van der Waals surface area contributed by atoms with Gasteiger partial charge in [-0.15, -0.1) is 0 Å². The van der Waals surface area contributed by atoms with E-state index < -0.39 is 53.4 Å². The summed E-state index contributed by atoms with van der Waals surface area (Å²) in [6, 6.07) is 6.69. The summed E-state index contributed by atoms with van der Waals surface area (Å²) in [6.07, 6.45) is -5.23. The molecule has 1 saturated heterocycles. The van der Waals surface area contributed by atoms with E-state index in [2.05, 4.69) is 5.16 Å². The van der Waals surface area contributed by atoms with E-state index in [9.17, 15) is 19.2 Å². The molecule has 2 aliphatic rings. The monoisotopic (exact) mass is 515 g/mol. The number of ether oxygens (including phenoxy) is 5. The molecule has 11 nitrogen and oxygen atoms in total. The maximum absolute atomic E-state index is 12.0. The van der Waals surface area contributed by atoms with Crippen LogP contribution in [0.2, 0.25) is 5.02 Å². The van der Waals surface area contributed by atoms with Gasteiger partial charge in [0.15, 0.2) is 12.2 Å². The van der Waals surface area contributed by atoms with Crippen molar-refractivity contribution in [1.29, 1.82) is 0 Å². The molecule has 0 N–H and O–H groups in total. The SMILES string of the molecule is CC(=O)OC[C@H]1O[C@@]2(ON=C(c3ccc(Cl)cc3)S2)[C@H](OC(C)=O)[C@@H](OC(C)=O)[C@@H]1OC(C)=O. The fourth-order valence-electron chi connectivity index (χ4n) is 3.37. The van der Waals surface area contributed by atoms with Crippen molar-refractivity contribution in [3.63, 3.8) is 0 Å². The van der Waals surface area contributed by atoms with Gasteiger partial charge in [-0.3, -0.25) is 19.2 Å². The third-order valence-electron chi connectivity index (χ3n) is 4.59. The summed E-state index contributed by atoms with van der Waals surface area (Å²) in [6.45, 7) is 4.23. The number of esters is 4. The molecule has 1 spiro atoms. The molecular weight excluding hydrogens is 494 g/mol. The van der Waals surface area contributed by atoms with E-state index in [0.29, 0.717) is 15.6 Å². The van der Waals surface area contributed by atoms with E-state index in [1.165, 1.54) is 6.92 Å². The molecular formula is C21H22ClNO10S. The lowest BCUT2D eigenvalue weighted by Crippen LogP contribution is -2.67. The summed E-state index contributed by atoms with van der Waals surface area (Å²) >= 11 is 6.90. The molecule has 0 aliphatic carbocycles. The number of thioether (sulfide) groups is 1. The highest BCUT2D eigenvalue weighted by Crippen LogP contribution is 2.48. The molecule has 1 fully saturated rings. The van der Waals surface area contributed by atoms with E-state index in [1.807, 2.05) is 0 Å². The normalized spacial score (nSPS) is 27.9. The molecule has 0 radical (unpaired) electrons. The first kappa shape index (κ1) is 25.8. The number of nitrogens with zero attached hydrogens (tertiary/aromatic N) is 1. The van der Waals surface area contributed by atoms with Crippen LogP contribution < -0.4 is 0 Å². The first-order valence-corrected chi connectivity index (χ1v) is 11.2. The minimum Gasteiger partial charge on any atom is -0.463 e. The molecule has 1 aromatic rings. The minimum absolute atomic E-state index is 0.354. The second-order valence-corrected chi connectivity index (χ2v) is 8.93. The number of benzene rings is 1. The molecule has 184 valence electrons. The molecule has 0 unspecified atom stereocenters. The second-order valence-electron chi connectivity index (χ2n) is 7.34. The smallest absolute Gasteiger partial charge is 0.332 e. The van der Waals surface area contributed by atoms with Crippen LogP contribution >= 0.6 is 23.4 Å². The predicted molar refractivity (Wildman–Crippen MR) is 118 cm³/mol. The van der Waals surface area contributed by atoms with Gasteiger partial charge in [-0.05, 0) is 23.9 Å². The number of hydrogen-bond acceptors (Lipinski definition) is 12. The van der Waals surface area contributed by atoms with Gasteiger partial charge >= 0.3 is 29.0 Å². The van der Waals surface area contributed by atoms with Crippen LogP contribution in [0.3, 0.4) is 0 Å². The Bertz CT molecular complexity index is 1000. The van der Waals surface area contributed by atoms with Gasteiger partial charge in [-0.25, -0.2) is 0 Å². The largest absolute Gasteiger partial charge is 0.463 e. The van der Waals surface area contributed by atoms with Crippen molar-refractivity contribution in [2.75, 3.05) is 6.61 Å². The summed E-state index contributed by atoms with van der Waals surface area (Å²) in [5, 5.41) is 3.08. The maximum atomic E-state index is 12.0. The van der Waals surface area contributed by atoms with Crippen LogP contribution in [-0.4, -0.2) is 65.1 Å². The molecule has 5 atom stereocenters. The number of halogens is 1. The first-order valence-electron chi connectivity index (χ1n) is 10.0. The quantitative estimate of drug-likeness (QED) is 0.407. The fraction of sp³-hybridized carbons (Fsp3) is 0.476. The maximum Gasteiger partial charge on any atom is 0.332 e. The number of rotatable bonds is 6. The van der Waals surface area contributed by atoms with Crippen LogP contribution in [0.15, 0.2) is 29.4 Å². The summed E-state index contributed by atoms with van der Waals surface area (Å²) in [7, 11) is 0. The van der Waals surface area contributed by atoms with E-state index in [-0.39, 0.29) is 6.61 Å². The molecule has 0 amide bonds. The molecule has 34 heavy (non-hydrogen) atoms. The molecule has 0 bridgehead atoms. The molecule has 3 rings (SSSR count). The van der Waals surface area contributed by atoms with Crippen LogP contribution in [0.25, 0.3) is 0 Å². The van der Waals surface area contributed by atoms with Crippen molar-refractivity contribution < 1.29 is 47.7 Å². The predicted octanol–water partition coefficient (Wildman–Crippen LogP) is 2.18. The lowest BCUT2D eigenvalue weighted by molar-refractivity contribution is -0.323. The van der Waals surface area contributed by atoms with Crippen molar-refractivity contribution in [1.82, 2.24) is 0 Å². The zero-order chi connectivity index (χ0) is 25.0. The average molecular weight is 516 g/mol. The third kappa shape index (κ3) is 5.99. The second kappa shape index (κ2) is 10.6. The Kier molecular flexibility index (Phi) is 8.05.